The lowest BCUT2D eigenvalue weighted by atomic mass is 9.80. The van der Waals surface area contributed by atoms with Crippen LogP contribution in [0.1, 0.15) is 34.3 Å². The van der Waals surface area contributed by atoms with Gasteiger partial charge in [0.1, 0.15) is 0 Å². The molecule has 1 aliphatic heterocycles. The molecule has 0 aliphatic carbocycles. The fourth-order valence-electron chi connectivity index (χ4n) is 4.08. The Morgan fingerprint density at radius 1 is 1.00 bits per heavy atom. The molecule has 0 bridgehead atoms. The highest BCUT2D eigenvalue weighted by molar-refractivity contribution is 5.97. The minimum Gasteiger partial charge on any atom is -0.392 e. The van der Waals surface area contributed by atoms with Crippen molar-refractivity contribution in [2.24, 2.45) is 0 Å². The molecule has 28 heavy (non-hydrogen) atoms. The third-order valence-corrected chi connectivity index (χ3v) is 5.34. The summed E-state index contributed by atoms with van der Waals surface area (Å²) in [7, 11) is 0. The lowest BCUT2D eigenvalue weighted by molar-refractivity contribution is 0.281. The second kappa shape index (κ2) is 6.58. The van der Waals surface area contributed by atoms with Crippen molar-refractivity contribution < 1.29 is 5.11 Å². The zero-order valence-corrected chi connectivity index (χ0v) is 15.0. The van der Waals surface area contributed by atoms with E-state index in [1.165, 1.54) is 0 Å². The minimum absolute atomic E-state index is 0.0288. The van der Waals surface area contributed by atoms with E-state index in [-0.39, 0.29) is 24.1 Å². The summed E-state index contributed by atoms with van der Waals surface area (Å²) in [6, 6.07) is 17.4. The van der Waals surface area contributed by atoms with Crippen molar-refractivity contribution in [3.8, 4) is 0 Å². The molecule has 3 heterocycles. The second-order valence-corrected chi connectivity index (χ2v) is 6.95. The van der Waals surface area contributed by atoms with Gasteiger partial charge in [0.05, 0.1) is 29.6 Å². The maximum Gasteiger partial charge on any atom is 0.272 e. The number of anilines is 1. The minimum atomic E-state index is -0.201. The van der Waals surface area contributed by atoms with Gasteiger partial charge in [0, 0.05) is 23.5 Å². The fraction of sp³-hybridized carbons (Fsp3) is 0.136. The molecule has 2 aromatic carbocycles. The van der Waals surface area contributed by atoms with Crippen molar-refractivity contribution in [3.05, 3.63) is 99.7 Å². The molecule has 1 aliphatic rings. The van der Waals surface area contributed by atoms with E-state index in [2.05, 4.69) is 20.5 Å². The van der Waals surface area contributed by atoms with Crippen LogP contribution >= 0.6 is 0 Å². The highest BCUT2D eigenvalue weighted by Gasteiger charge is 2.34. The number of nitrogens with zero attached hydrogens (tertiary/aromatic N) is 2. The summed E-state index contributed by atoms with van der Waals surface area (Å²) in [5, 5.41) is 21.8. The monoisotopic (exact) mass is 370 g/mol. The Balaban J connectivity index is 1.80. The van der Waals surface area contributed by atoms with Gasteiger partial charge in [0.15, 0.2) is 0 Å². The van der Waals surface area contributed by atoms with Crippen LogP contribution in [-0.4, -0.2) is 20.3 Å². The van der Waals surface area contributed by atoms with Crippen LogP contribution in [0.15, 0.2) is 71.8 Å². The Hall–Kier alpha value is -3.51. The molecular weight excluding hydrogens is 352 g/mol. The summed E-state index contributed by atoms with van der Waals surface area (Å²) in [5.74, 6) is -0.136. The largest absolute Gasteiger partial charge is 0.392 e. The number of aromatic amines is 1. The first kappa shape index (κ1) is 16.6. The molecule has 0 spiro atoms. The predicted molar refractivity (Wildman–Crippen MR) is 107 cm³/mol. The highest BCUT2D eigenvalue weighted by atomic mass is 16.3. The topological polar surface area (TPSA) is 90.9 Å². The molecule has 0 saturated carbocycles. The van der Waals surface area contributed by atoms with E-state index in [9.17, 15) is 9.90 Å². The van der Waals surface area contributed by atoms with E-state index < -0.39 is 0 Å². The van der Waals surface area contributed by atoms with Crippen molar-refractivity contribution in [1.29, 1.82) is 0 Å². The second-order valence-electron chi connectivity index (χ2n) is 6.95. The number of hydrogen-bond donors (Lipinski definition) is 3. The number of aliphatic hydroxyl groups excluding tert-OH is 1. The predicted octanol–water partition coefficient (Wildman–Crippen LogP) is 3.11. The third kappa shape index (κ3) is 2.58. The highest BCUT2D eigenvalue weighted by Crippen LogP contribution is 2.46. The summed E-state index contributed by atoms with van der Waals surface area (Å²) < 4.78 is 0. The van der Waals surface area contributed by atoms with Crippen LogP contribution < -0.4 is 10.9 Å². The Morgan fingerprint density at radius 3 is 2.64 bits per heavy atom. The zero-order chi connectivity index (χ0) is 19.1. The van der Waals surface area contributed by atoms with Crippen LogP contribution in [0.3, 0.4) is 0 Å². The zero-order valence-electron chi connectivity index (χ0n) is 15.0. The summed E-state index contributed by atoms with van der Waals surface area (Å²) in [6.07, 6.45) is 3.54. The molecule has 2 unspecified atom stereocenters. The molecular formula is C22H18N4O2. The Labute approximate surface area is 160 Å². The molecule has 138 valence electrons. The van der Waals surface area contributed by atoms with Crippen LogP contribution in [0.5, 0.6) is 0 Å². The number of aromatic nitrogens is 3. The molecule has 0 radical (unpaired) electrons. The van der Waals surface area contributed by atoms with Gasteiger partial charge in [0.25, 0.3) is 5.56 Å². The van der Waals surface area contributed by atoms with Gasteiger partial charge in [-0.25, -0.2) is 5.10 Å². The first-order valence-electron chi connectivity index (χ1n) is 9.13. The SMILES string of the molecule is O=c1[nH]nc2c3c(cccc13)NC(c1ccncc1)C2c1cccc(CO)c1. The summed E-state index contributed by atoms with van der Waals surface area (Å²) in [4.78, 5) is 16.5. The van der Waals surface area contributed by atoms with Crippen molar-refractivity contribution in [2.75, 3.05) is 5.32 Å². The first-order valence-corrected chi connectivity index (χ1v) is 9.13. The van der Waals surface area contributed by atoms with E-state index in [0.29, 0.717) is 5.39 Å². The van der Waals surface area contributed by atoms with Crippen molar-refractivity contribution >= 4 is 16.5 Å². The van der Waals surface area contributed by atoms with Crippen molar-refractivity contribution in [2.45, 2.75) is 18.6 Å². The summed E-state index contributed by atoms with van der Waals surface area (Å²) in [6.45, 7) is -0.0288. The Bertz CT molecular complexity index is 1220. The number of H-pyrrole nitrogens is 1. The maximum absolute atomic E-state index is 12.3. The van der Waals surface area contributed by atoms with Gasteiger partial charge in [0.2, 0.25) is 0 Å². The number of hydrogen-bond acceptors (Lipinski definition) is 5. The summed E-state index contributed by atoms with van der Waals surface area (Å²) >= 11 is 0. The van der Waals surface area contributed by atoms with Crippen LogP contribution in [-0.2, 0) is 6.61 Å². The van der Waals surface area contributed by atoms with Gasteiger partial charge in [-0.15, -0.1) is 0 Å². The van der Waals surface area contributed by atoms with Crippen molar-refractivity contribution in [1.82, 2.24) is 15.2 Å². The quantitative estimate of drug-likeness (QED) is 0.515. The average Bonchev–Trinajstić information content (AvgIpc) is 2.76. The first-order chi connectivity index (χ1) is 13.8. The van der Waals surface area contributed by atoms with E-state index in [0.717, 1.165) is 33.5 Å². The van der Waals surface area contributed by atoms with Gasteiger partial charge in [-0.1, -0.05) is 30.3 Å². The molecule has 0 fully saturated rings. The lowest BCUT2D eigenvalue weighted by Gasteiger charge is -2.34. The Kier molecular flexibility index (Phi) is 3.91. The van der Waals surface area contributed by atoms with E-state index in [1.807, 2.05) is 54.6 Å². The molecule has 0 amide bonds. The van der Waals surface area contributed by atoms with Crippen LogP contribution in [0.2, 0.25) is 0 Å². The van der Waals surface area contributed by atoms with Gasteiger partial charge in [-0.2, -0.15) is 5.10 Å². The number of rotatable bonds is 3. The van der Waals surface area contributed by atoms with Gasteiger partial charge < -0.3 is 10.4 Å². The summed E-state index contributed by atoms with van der Waals surface area (Å²) in [5.41, 5.74) is 4.45. The molecule has 4 aromatic rings. The fourth-order valence-corrected chi connectivity index (χ4v) is 4.08. The maximum atomic E-state index is 12.3. The van der Waals surface area contributed by atoms with Gasteiger partial charge >= 0.3 is 0 Å². The van der Waals surface area contributed by atoms with Crippen molar-refractivity contribution in [3.63, 3.8) is 0 Å². The molecule has 2 atom stereocenters. The third-order valence-electron chi connectivity index (χ3n) is 5.34. The molecule has 6 nitrogen and oxygen atoms in total. The van der Waals surface area contributed by atoms with E-state index in [1.54, 1.807) is 12.4 Å². The van der Waals surface area contributed by atoms with Crippen LogP contribution in [0, 0.1) is 0 Å². The molecule has 6 heteroatoms. The smallest absolute Gasteiger partial charge is 0.272 e. The van der Waals surface area contributed by atoms with Gasteiger partial charge in [-0.05, 0) is 41.0 Å². The van der Waals surface area contributed by atoms with Crippen LogP contribution in [0.4, 0.5) is 5.69 Å². The standard InChI is InChI=1S/C22H18N4O2/c27-12-13-3-1-4-15(11-13)18-20(14-7-9-23-10-8-14)24-17-6-2-5-16-19(17)21(18)25-26-22(16)28/h1-11,18,20,24,27H,12H2,(H,26,28). The van der Waals surface area contributed by atoms with E-state index in [4.69, 9.17) is 0 Å². The number of aliphatic hydroxyl groups is 1. The Morgan fingerprint density at radius 2 is 1.82 bits per heavy atom. The van der Waals surface area contributed by atoms with E-state index >= 15 is 0 Å². The number of pyridine rings is 1. The van der Waals surface area contributed by atoms with Crippen LogP contribution in [0.25, 0.3) is 10.8 Å². The molecule has 0 saturated heterocycles. The normalized spacial score (nSPS) is 18.0. The number of nitrogens with one attached hydrogen (secondary N) is 2. The molecule has 5 rings (SSSR count). The molecule has 3 N–H and O–H groups in total. The van der Waals surface area contributed by atoms with Gasteiger partial charge in [-0.3, -0.25) is 9.78 Å². The molecule has 2 aromatic heterocycles. The lowest BCUT2D eigenvalue weighted by Crippen LogP contribution is -2.28. The number of benzene rings is 2. The average molecular weight is 370 g/mol.